The van der Waals surface area contributed by atoms with Crippen LogP contribution in [0.25, 0.3) is 0 Å². The van der Waals surface area contributed by atoms with Crippen LogP contribution in [0.1, 0.15) is 23.1 Å². The molecule has 5 nitrogen and oxygen atoms in total. The molecule has 0 radical (unpaired) electrons. The number of pyridine rings is 1. The van der Waals surface area contributed by atoms with Crippen LogP contribution in [0.3, 0.4) is 0 Å². The van der Waals surface area contributed by atoms with Gasteiger partial charge in [0.25, 0.3) is 0 Å². The van der Waals surface area contributed by atoms with E-state index in [1.54, 1.807) is 6.20 Å². The highest BCUT2D eigenvalue weighted by Crippen LogP contribution is 2.32. The normalized spacial score (nSPS) is 12.4. The Morgan fingerprint density at radius 3 is 2.62 bits per heavy atom. The van der Waals surface area contributed by atoms with Gasteiger partial charge in [-0.3, -0.25) is 9.78 Å². The topological polar surface area (TPSA) is 51.7 Å². The largest absolute Gasteiger partial charge is 0.486 e. The van der Waals surface area contributed by atoms with Gasteiger partial charge in [0.05, 0.1) is 6.54 Å². The summed E-state index contributed by atoms with van der Waals surface area (Å²) in [5, 5.41) is 0. The lowest BCUT2D eigenvalue weighted by Crippen LogP contribution is -2.31. The van der Waals surface area contributed by atoms with Gasteiger partial charge in [-0.05, 0) is 54.3 Å². The Morgan fingerprint density at radius 1 is 1.00 bits per heavy atom. The molecule has 0 fully saturated rings. The number of rotatable bonds is 6. The van der Waals surface area contributed by atoms with E-state index in [4.69, 9.17) is 9.47 Å². The van der Waals surface area contributed by atoms with Crippen molar-refractivity contribution in [3.8, 4) is 11.5 Å². The van der Waals surface area contributed by atoms with Crippen LogP contribution in [-0.2, 0) is 17.8 Å². The Hall–Kier alpha value is -3.34. The zero-order valence-electron chi connectivity index (χ0n) is 16.5. The third kappa shape index (κ3) is 4.57. The molecular weight excluding hydrogens is 364 g/mol. The maximum absolute atomic E-state index is 13.2. The summed E-state index contributed by atoms with van der Waals surface area (Å²) >= 11 is 0. The zero-order valence-corrected chi connectivity index (χ0v) is 16.5. The summed E-state index contributed by atoms with van der Waals surface area (Å²) in [6, 6.07) is 17.7. The molecule has 0 aliphatic carbocycles. The molecule has 0 saturated carbocycles. The molecule has 0 N–H and O–H groups in total. The lowest BCUT2D eigenvalue weighted by atomic mass is 10.1. The highest BCUT2D eigenvalue weighted by atomic mass is 16.6. The number of fused-ring (bicyclic) bond motifs is 1. The Labute approximate surface area is 170 Å². The fourth-order valence-electron chi connectivity index (χ4n) is 3.47. The van der Waals surface area contributed by atoms with Crippen molar-refractivity contribution >= 4 is 11.6 Å². The summed E-state index contributed by atoms with van der Waals surface area (Å²) in [5.74, 6) is 1.57. The van der Waals surface area contributed by atoms with Gasteiger partial charge >= 0.3 is 0 Å². The number of para-hydroxylation sites is 1. The number of hydrogen-bond acceptors (Lipinski definition) is 4. The van der Waals surface area contributed by atoms with E-state index in [2.05, 4.69) is 4.98 Å². The molecule has 29 heavy (non-hydrogen) atoms. The van der Waals surface area contributed by atoms with Crippen LogP contribution < -0.4 is 14.4 Å². The first kappa shape index (κ1) is 19.0. The average Bonchev–Trinajstić information content (AvgIpc) is 2.77. The number of carbonyl (C=O) groups excluding carboxylic acids is 1. The zero-order chi connectivity index (χ0) is 20.1. The Morgan fingerprint density at radius 2 is 1.83 bits per heavy atom. The molecule has 5 heteroatoms. The number of anilines is 1. The van der Waals surface area contributed by atoms with Gasteiger partial charge in [0.1, 0.15) is 13.2 Å². The van der Waals surface area contributed by atoms with Crippen LogP contribution in [0.15, 0.2) is 67.0 Å². The van der Waals surface area contributed by atoms with Crippen LogP contribution in [-0.4, -0.2) is 24.1 Å². The molecular formula is C24H24N2O3. The van der Waals surface area contributed by atoms with E-state index in [1.807, 2.05) is 72.6 Å². The molecule has 1 aromatic heterocycles. The average molecular weight is 388 g/mol. The predicted octanol–water partition coefficient (Wildman–Crippen LogP) is 4.33. The van der Waals surface area contributed by atoms with Crippen molar-refractivity contribution < 1.29 is 14.3 Å². The van der Waals surface area contributed by atoms with Crippen LogP contribution in [0.4, 0.5) is 5.69 Å². The molecule has 0 unspecified atom stereocenters. The minimum absolute atomic E-state index is 0.0815. The Balaban J connectivity index is 1.57. The maximum atomic E-state index is 13.2. The van der Waals surface area contributed by atoms with Crippen molar-refractivity contribution in [3.63, 3.8) is 0 Å². The van der Waals surface area contributed by atoms with E-state index in [-0.39, 0.29) is 5.91 Å². The molecule has 4 rings (SSSR count). The van der Waals surface area contributed by atoms with Gasteiger partial charge < -0.3 is 14.4 Å². The summed E-state index contributed by atoms with van der Waals surface area (Å²) < 4.78 is 11.3. The van der Waals surface area contributed by atoms with Gasteiger partial charge in [0.15, 0.2) is 11.5 Å². The van der Waals surface area contributed by atoms with Crippen LogP contribution >= 0.6 is 0 Å². The summed E-state index contributed by atoms with van der Waals surface area (Å²) in [7, 11) is 0. The fourth-order valence-corrected chi connectivity index (χ4v) is 3.47. The van der Waals surface area contributed by atoms with Gasteiger partial charge in [-0.25, -0.2) is 0 Å². The molecule has 0 saturated heterocycles. The highest BCUT2D eigenvalue weighted by molar-refractivity contribution is 5.94. The number of benzene rings is 2. The standard InChI is InChI=1S/C24H24N2O3/c1-18-5-2-3-7-21(18)26(24(27)11-9-19-6-4-12-25-16-19)17-20-8-10-22-23(15-20)29-14-13-28-22/h2-8,10,12,15-16H,9,11,13-14,17H2,1H3. The summed E-state index contributed by atoms with van der Waals surface area (Å²) in [6.45, 7) is 3.62. The van der Waals surface area contributed by atoms with Crippen molar-refractivity contribution in [1.82, 2.24) is 4.98 Å². The van der Waals surface area contributed by atoms with Crippen molar-refractivity contribution in [2.45, 2.75) is 26.3 Å². The van der Waals surface area contributed by atoms with Gasteiger partial charge in [-0.1, -0.05) is 30.3 Å². The molecule has 2 heterocycles. The van der Waals surface area contributed by atoms with E-state index in [1.165, 1.54) is 0 Å². The summed E-state index contributed by atoms with van der Waals surface area (Å²) in [5.41, 5.74) is 4.07. The van der Waals surface area contributed by atoms with Crippen molar-refractivity contribution in [1.29, 1.82) is 0 Å². The van der Waals surface area contributed by atoms with Crippen LogP contribution in [0, 0.1) is 6.92 Å². The van der Waals surface area contributed by atoms with Crippen molar-refractivity contribution in [2.75, 3.05) is 18.1 Å². The number of amides is 1. The Kier molecular flexibility index (Phi) is 5.75. The second kappa shape index (κ2) is 8.78. The first-order chi connectivity index (χ1) is 14.2. The molecule has 0 bridgehead atoms. The molecule has 3 aromatic rings. The number of ether oxygens (including phenoxy) is 2. The monoisotopic (exact) mass is 388 g/mol. The van der Waals surface area contributed by atoms with Crippen LogP contribution in [0.5, 0.6) is 11.5 Å². The third-order valence-corrected chi connectivity index (χ3v) is 5.00. The van der Waals surface area contributed by atoms with Gasteiger partial charge in [-0.2, -0.15) is 0 Å². The van der Waals surface area contributed by atoms with E-state index < -0.39 is 0 Å². The molecule has 148 valence electrons. The summed E-state index contributed by atoms with van der Waals surface area (Å²) in [6.07, 6.45) is 4.64. The lowest BCUT2D eigenvalue weighted by Gasteiger charge is -2.26. The van der Waals surface area contributed by atoms with Gasteiger partial charge in [0.2, 0.25) is 5.91 Å². The molecule has 1 aliphatic rings. The SMILES string of the molecule is Cc1ccccc1N(Cc1ccc2c(c1)OCCO2)C(=O)CCc1cccnc1. The number of hydrogen-bond donors (Lipinski definition) is 0. The summed E-state index contributed by atoms with van der Waals surface area (Å²) in [4.78, 5) is 19.2. The molecule has 2 aromatic carbocycles. The minimum Gasteiger partial charge on any atom is -0.486 e. The predicted molar refractivity (Wildman–Crippen MR) is 112 cm³/mol. The number of nitrogens with zero attached hydrogens (tertiary/aromatic N) is 2. The van der Waals surface area contributed by atoms with Crippen molar-refractivity contribution in [3.05, 3.63) is 83.7 Å². The second-order valence-corrected chi connectivity index (χ2v) is 7.11. The number of aryl methyl sites for hydroxylation is 2. The molecule has 1 amide bonds. The van der Waals surface area contributed by atoms with E-state index in [9.17, 15) is 4.79 Å². The molecule has 0 atom stereocenters. The number of carbonyl (C=O) groups is 1. The maximum Gasteiger partial charge on any atom is 0.227 e. The van der Waals surface area contributed by atoms with Gasteiger partial charge in [-0.15, -0.1) is 0 Å². The van der Waals surface area contributed by atoms with Gasteiger partial charge in [0, 0.05) is 24.5 Å². The van der Waals surface area contributed by atoms with E-state index in [0.29, 0.717) is 32.6 Å². The number of aromatic nitrogens is 1. The lowest BCUT2D eigenvalue weighted by molar-refractivity contribution is -0.118. The van der Waals surface area contributed by atoms with E-state index in [0.717, 1.165) is 33.9 Å². The smallest absolute Gasteiger partial charge is 0.227 e. The highest BCUT2D eigenvalue weighted by Gasteiger charge is 2.19. The van der Waals surface area contributed by atoms with E-state index >= 15 is 0 Å². The Bertz CT molecular complexity index is 988. The first-order valence-corrected chi connectivity index (χ1v) is 9.84. The minimum atomic E-state index is 0.0815. The molecule has 1 aliphatic heterocycles. The fraction of sp³-hybridized carbons (Fsp3) is 0.250. The second-order valence-electron chi connectivity index (χ2n) is 7.11. The van der Waals surface area contributed by atoms with Crippen molar-refractivity contribution in [2.24, 2.45) is 0 Å². The first-order valence-electron chi connectivity index (χ1n) is 9.84. The van der Waals surface area contributed by atoms with Crippen LogP contribution in [0.2, 0.25) is 0 Å². The quantitative estimate of drug-likeness (QED) is 0.631. The third-order valence-electron chi connectivity index (χ3n) is 5.00. The molecule has 0 spiro atoms.